The molecule has 1 saturated heterocycles. The lowest BCUT2D eigenvalue weighted by atomic mass is 9.72. The van der Waals surface area contributed by atoms with Gasteiger partial charge in [-0.2, -0.15) is 0 Å². The minimum absolute atomic E-state index is 0.0186. The van der Waals surface area contributed by atoms with E-state index in [-0.39, 0.29) is 12.2 Å². The van der Waals surface area contributed by atoms with Gasteiger partial charge in [0.2, 0.25) is 0 Å². The monoisotopic (exact) mass is 191 g/mol. The quantitative estimate of drug-likeness (QED) is 0.620. The summed E-state index contributed by atoms with van der Waals surface area (Å²) in [4.78, 5) is 12.7. The Bertz CT molecular complexity index is 299. The van der Waals surface area contributed by atoms with E-state index in [2.05, 4.69) is 12.5 Å². The van der Waals surface area contributed by atoms with Crippen molar-refractivity contribution in [3.63, 3.8) is 0 Å². The molecular weight excluding hydrogens is 178 g/mol. The first-order valence-electron chi connectivity index (χ1n) is 4.80. The second kappa shape index (κ2) is 3.38. The molecule has 1 unspecified atom stereocenters. The number of carbonyl (C=O) groups is 1. The minimum atomic E-state index is -0.283. The average Bonchev–Trinajstić information content (AvgIpc) is 2.45. The average molecular weight is 191 g/mol. The second-order valence-electron chi connectivity index (χ2n) is 3.85. The Morgan fingerprint density at radius 2 is 2.36 bits per heavy atom. The predicted molar refractivity (Wildman–Crippen MR) is 52.2 cm³/mol. The summed E-state index contributed by atoms with van der Waals surface area (Å²) in [5.41, 5.74) is 0. The third-order valence-corrected chi connectivity index (χ3v) is 3.02. The number of carbonyl (C=O) groups excluding carboxylic acids is 1. The fraction of sp³-hybridized carbons (Fsp3) is 0.545. The highest BCUT2D eigenvalue weighted by molar-refractivity contribution is 5.71. The summed E-state index contributed by atoms with van der Waals surface area (Å²) < 4.78 is 5.21. The van der Waals surface area contributed by atoms with Gasteiger partial charge in [-0.1, -0.05) is 6.58 Å². The van der Waals surface area contributed by atoms with Crippen molar-refractivity contribution >= 4 is 6.09 Å². The van der Waals surface area contributed by atoms with E-state index in [9.17, 15) is 4.79 Å². The molecule has 74 valence electrons. The lowest BCUT2D eigenvalue weighted by Crippen LogP contribution is -2.35. The zero-order valence-corrected chi connectivity index (χ0v) is 7.98. The molecule has 1 aliphatic heterocycles. The summed E-state index contributed by atoms with van der Waals surface area (Å²) >= 11 is 0. The van der Waals surface area contributed by atoms with Crippen molar-refractivity contribution in [2.24, 2.45) is 11.8 Å². The normalized spacial score (nSPS) is 35.8. The topological polar surface area (TPSA) is 29.5 Å². The molecule has 1 saturated carbocycles. The van der Waals surface area contributed by atoms with Gasteiger partial charge in [0.1, 0.15) is 6.10 Å². The maximum absolute atomic E-state index is 11.2. The Kier molecular flexibility index (Phi) is 2.20. The van der Waals surface area contributed by atoms with E-state index in [1.165, 1.54) is 11.1 Å². The Balaban J connectivity index is 1.88. The molecule has 1 atom stereocenters. The first kappa shape index (κ1) is 9.14. The molecule has 14 heavy (non-hydrogen) atoms. The van der Waals surface area contributed by atoms with Crippen LogP contribution in [0.5, 0.6) is 0 Å². The van der Waals surface area contributed by atoms with E-state index < -0.39 is 0 Å². The number of amides is 1. The molecule has 0 N–H and O–H groups in total. The number of ether oxygens (including phenoxy) is 1. The first-order chi connectivity index (χ1) is 6.74. The van der Waals surface area contributed by atoms with Crippen LogP contribution in [-0.2, 0) is 4.74 Å². The fourth-order valence-electron chi connectivity index (χ4n) is 2.00. The molecule has 0 aromatic rings. The summed E-state index contributed by atoms with van der Waals surface area (Å²) in [6.45, 7) is 4.18. The van der Waals surface area contributed by atoms with Crippen LogP contribution in [-0.4, -0.2) is 23.6 Å². The van der Waals surface area contributed by atoms with Crippen LogP contribution < -0.4 is 0 Å². The number of nitrogens with zero attached hydrogens (tertiary/aromatic N) is 1. The Hall–Kier alpha value is -1.43. The highest BCUT2D eigenvalue weighted by Gasteiger charge is 2.41. The van der Waals surface area contributed by atoms with Gasteiger partial charge in [0.05, 0.1) is 6.54 Å². The Morgan fingerprint density at radius 1 is 1.64 bits per heavy atom. The van der Waals surface area contributed by atoms with Crippen molar-refractivity contribution in [3.05, 3.63) is 12.8 Å². The molecule has 2 fully saturated rings. The van der Waals surface area contributed by atoms with Crippen molar-refractivity contribution in [1.29, 1.82) is 0 Å². The molecule has 3 heteroatoms. The highest BCUT2D eigenvalue weighted by Crippen LogP contribution is 2.38. The number of hydrogen-bond donors (Lipinski definition) is 0. The number of cyclic esters (lactones) is 1. The maximum atomic E-state index is 11.2. The molecule has 0 bridgehead atoms. The summed E-state index contributed by atoms with van der Waals surface area (Å²) in [5, 5.41) is 0. The molecule has 0 spiro atoms. The molecule has 2 aliphatic rings. The van der Waals surface area contributed by atoms with Gasteiger partial charge in [-0.3, -0.25) is 4.90 Å². The van der Waals surface area contributed by atoms with Gasteiger partial charge in [-0.15, -0.1) is 12.3 Å². The first-order valence-corrected chi connectivity index (χ1v) is 4.80. The SMILES string of the molecule is C#CC1CC(C2CN(C=C)C(=O)O2)C1. The molecule has 0 aromatic heterocycles. The van der Waals surface area contributed by atoms with Gasteiger partial charge >= 0.3 is 6.09 Å². The van der Waals surface area contributed by atoms with Crippen LogP contribution in [0.2, 0.25) is 0 Å². The Morgan fingerprint density at radius 3 is 2.86 bits per heavy atom. The van der Waals surface area contributed by atoms with Crippen molar-refractivity contribution in [1.82, 2.24) is 4.90 Å². The number of terminal acetylenes is 1. The minimum Gasteiger partial charge on any atom is -0.444 e. The largest absolute Gasteiger partial charge is 0.444 e. The molecule has 2 rings (SSSR count). The predicted octanol–water partition coefficient (Wildman–Crippen LogP) is 1.61. The lowest BCUT2D eigenvalue weighted by Gasteiger charge is -2.34. The van der Waals surface area contributed by atoms with Gasteiger partial charge in [-0.05, 0) is 12.8 Å². The van der Waals surface area contributed by atoms with E-state index >= 15 is 0 Å². The molecule has 0 aromatic carbocycles. The smallest absolute Gasteiger partial charge is 0.414 e. The molecule has 0 radical (unpaired) electrons. The lowest BCUT2D eigenvalue weighted by molar-refractivity contribution is 0.0558. The van der Waals surface area contributed by atoms with Gasteiger partial charge < -0.3 is 4.74 Å². The number of hydrogen-bond acceptors (Lipinski definition) is 2. The van der Waals surface area contributed by atoms with E-state index in [4.69, 9.17) is 11.2 Å². The van der Waals surface area contributed by atoms with Crippen molar-refractivity contribution in [2.75, 3.05) is 6.54 Å². The Labute approximate surface area is 83.7 Å². The highest BCUT2D eigenvalue weighted by atomic mass is 16.6. The summed E-state index contributed by atoms with van der Waals surface area (Å²) in [6, 6.07) is 0. The van der Waals surface area contributed by atoms with Crippen LogP contribution in [0.3, 0.4) is 0 Å². The van der Waals surface area contributed by atoms with Crippen LogP contribution in [0.1, 0.15) is 12.8 Å². The third kappa shape index (κ3) is 1.37. The summed E-state index contributed by atoms with van der Waals surface area (Å²) in [5.74, 6) is 3.55. The molecule has 1 aliphatic carbocycles. The molecule has 1 heterocycles. The van der Waals surface area contributed by atoms with E-state index in [0.717, 1.165) is 12.8 Å². The van der Waals surface area contributed by atoms with E-state index in [1.807, 2.05) is 0 Å². The maximum Gasteiger partial charge on any atom is 0.414 e. The zero-order valence-electron chi connectivity index (χ0n) is 7.98. The van der Waals surface area contributed by atoms with Crippen molar-refractivity contribution in [2.45, 2.75) is 18.9 Å². The van der Waals surface area contributed by atoms with E-state index in [1.54, 1.807) is 0 Å². The van der Waals surface area contributed by atoms with Gasteiger partial charge in [0, 0.05) is 18.0 Å². The van der Waals surface area contributed by atoms with Crippen LogP contribution >= 0.6 is 0 Å². The summed E-state index contributed by atoms with van der Waals surface area (Å²) in [7, 11) is 0. The van der Waals surface area contributed by atoms with E-state index in [0.29, 0.717) is 18.4 Å². The van der Waals surface area contributed by atoms with Crippen LogP contribution in [0.25, 0.3) is 0 Å². The van der Waals surface area contributed by atoms with Gasteiger partial charge in [-0.25, -0.2) is 4.79 Å². The van der Waals surface area contributed by atoms with Gasteiger partial charge in [0.25, 0.3) is 0 Å². The van der Waals surface area contributed by atoms with Crippen molar-refractivity contribution in [3.8, 4) is 12.3 Å². The number of rotatable bonds is 2. The summed E-state index contributed by atoms with van der Waals surface area (Å²) in [6.07, 6.45) is 8.51. The second-order valence-corrected chi connectivity index (χ2v) is 3.85. The standard InChI is InChI=1S/C11H13NO2/c1-3-8-5-9(6-8)10-7-12(4-2)11(13)14-10/h1,4,8-10H,2,5-7H2. The van der Waals surface area contributed by atoms with Crippen molar-refractivity contribution < 1.29 is 9.53 Å². The molecular formula is C11H13NO2. The van der Waals surface area contributed by atoms with Gasteiger partial charge in [0.15, 0.2) is 0 Å². The van der Waals surface area contributed by atoms with Crippen LogP contribution in [0.15, 0.2) is 12.8 Å². The molecule has 1 amide bonds. The third-order valence-electron chi connectivity index (χ3n) is 3.02. The van der Waals surface area contributed by atoms with Crippen LogP contribution in [0, 0.1) is 24.2 Å². The zero-order chi connectivity index (χ0) is 10.1. The fourth-order valence-corrected chi connectivity index (χ4v) is 2.00. The molecule has 3 nitrogen and oxygen atoms in total. The van der Waals surface area contributed by atoms with Crippen LogP contribution in [0.4, 0.5) is 4.79 Å².